The number of hydrogen-bond acceptors (Lipinski definition) is 4. The molecular weight excluding hydrogens is 353 g/mol. The van der Waals surface area contributed by atoms with Crippen molar-refractivity contribution in [3.05, 3.63) is 41.7 Å². The van der Waals surface area contributed by atoms with E-state index in [1.165, 1.54) is 23.2 Å². The van der Waals surface area contributed by atoms with Crippen molar-refractivity contribution in [3.63, 3.8) is 0 Å². The molecule has 1 saturated heterocycles. The van der Waals surface area contributed by atoms with Crippen LogP contribution in [0.1, 0.15) is 35.3 Å². The molecule has 7 nitrogen and oxygen atoms in total. The zero-order valence-corrected chi connectivity index (χ0v) is 13.5. The van der Waals surface area contributed by atoms with Crippen LogP contribution in [-0.2, 0) is 11.0 Å². The molecule has 0 aliphatic carbocycles. The number of amides is 1. The van der Waals surface area contributed by atoms with Gasteiger partial charge in [0.05, 0.1) is 17.4 Å². The molecule has 0 spiro atoms. The Morgan fingerprint density at radius 3 is 2.69 bits per heavy atom. The topological polar surface area (TPSA) is 88.3 Å². The number of hydrogen-bond donors (Lipinski definition) is 1. The summed E-state index contributed by atoms with van der Waals surface area (Å²) >= 11 is 0. The molecule has 138 valence electrons. The summed E-state index contributed by atoms with van der Waals surface area (Å²) in [6, 6.07) is 3.52. The molecule has 1 atom stereocenters. The van der Waals surface area contributed by atoms with E-state index in [1.54, 1.807) is 0 Å². The van der Waals surface area contributed by atoms with Crippen molar-refractivity contribution in [2.24, 2.45) is 0 Å². The molecule has 2 heterocycles. The van der Waals surface area contributed by atoms with Crippen molar-refractivity contribution >= 4 is 11.9 Å². The Morgan fingerprint density at radius 1 is 1.23 bits per heavy atom. The molecule has 1 aliphatic heterocycles. The molecule has 1 aliphatic rings. The molecule has 0 saturated carbocycles. The van der Waals surface area contributed by atoms with Crippen LogP contribution in [0.15, 0.2) is 30.5 Å². The number of piperidine rings is 1. The standard InChI is InChI=1S/C16H15F3N4O3/c17-16(18,19)10-4-3-5-11(8-10)23-9-12(20-21-23)14(24)22-7-2-1-6-13(22)15(25)26/h3-5,8-9,13H,1-2,6-7H2,(H,25,26)/t13-/m1/s1. The number of benzene rings is 1. The summed E-state index contributed by atoms with van der Waals surface area (Å²) in [5.74, 6) is -1.70. The third kappa shape index (κ3) is 3.53. The molecule has 0 bridgehead atoms. The van der Waals surface area contributed by atoms with E-state index >= 15 is 0 Å². The summed E-state index contributed by atoms with van der Waals surface area (Å²) in [6.45, 7) is 0.284. The van der Waals surface area contributed by atoms with E-state index < -0.39 is 29.7 Å². The lowest BCUT2D eigenvalue weighted by Gasteiger charge is -2.32. The Labute approximate surface area is 146 Å². The predicted octanol–water partition coefficient (Wildman–Crippen LogP) is 2.37. The molecule has 1 amide bonds. The molecular formula is C16H15F3N4O3. The van der Waals surface area contributed by atoms with Crippen LogP contribution in [0, 0.1) is 0 Å². The molecule has 10 heteroatoms. The van der Waals surface area contributed by atoms with Gasteiger partial charge in [-0.1, -0.05) is 11.3 Å². The number of likely N-dealkylation sites (tertiary alicyclic amines) is 1. The normalized spacial score (nSPS) is 18.0. The Bertz CT molecular complexity index is 834. The fraction of sp³-hybridized carbons (Fsp3) is 0.375. The molecule has 0 radical (unpaired) electrons. The van der Waals surface area contributed by atoms with Gasteiger partial charge in [-0.25, -0.2) is 9.48 Å². The average Bonchev–Trinajstić information content (AvgIpc) is 3.10. The summed E-state index contributed by atoms with van der Waals surface area (Å²) in [5.41, 5.74) is -0.865. The number of halogens is 3. The van der Waals surface area contributed by atoms with Crippen LogP contribution < -0.4 is 0 Å². The molecule has 0 unspecified atom stereocenters. The number of carbonyl (C=O) groups is 2. The summed E-state index contributed by atoms with van der Waals surface area (Å²) in [5, 5.41) is 16.7. The summed E-state index contributed by atoms with van der Waals surface area (Å²) in [6.07, 6.45) is -1.57. The van der Waals surface area contributed by atoms with E-state index in [0.29, 0.717) is 19.3 Å². The maximum atomic E-state index is 12.8. The van der Waals surface area contributed by atoms with Gasteiger partial charge >= 0.3 is 12.1 Å². The van der Waals surface area contributed by atoms with Gasteiger partial charge in [0, 0.05) is 6.54 Å². The minimum Gasteiger partial charge on any atom is -0.480 e. The Kier molecular flexibility index (Phi) is 4.66. The number of carboxylic acids is 1. The Balaban J connectivity index is 1.86. The first-order valence-electron chi connectivity index (χ1n) is 7.91. The van der Waals surface area contributed by atoms with Gasteiger partial charge in [-0.3, -0.25) is 4.79 Å². The second-order valence-electron chi connectivity index (χ2n) is 5.94. The third-order valence-electron chi connectivity index (χ3n) is 4.20. The highest BCUT2D eigenvalue weighted by Gasteiger charge is 2.34. The molecule has 1 aromatic carbocycles. The lowest BCUT2D eigenvalue weighted by Crippen LogP contribution is -2.48. The van der Waals surface area contributed by atoms with E-state index in [-0.39, 0.29) is 17.9 Å². The van der Waals surface area contributed by atoms with Crippen molar-refractivity contribution in [1.82, 2.24) is 19.9 Å². The summed E-state index contributed by atoms with van der Waals surface area (Å²) in [7, 11) is 0. The van der Waals surface area contributed by atoms with Gasteiger partial charge in [-0.15, -0.1) is 5.10 Å². The van der Waals surface area contributed by atoms with Gasteiger partial charge in [-0.05, 0) is 37.5 Å². The molecule has 1 aromatic heterocycles. The van der Waals surface area contributed by atoms with Crippen LogP contribution >= 0.6 is 0 Å². The van der Waals surface area contributed by atoms with E-state index in [0.717, 1.165) is 16.8 Å². The highest BCUT2D eigenvalue weighted by Crippen LogP contribution is 2.30. The van der Waals surface area contributed by atoms with Crippen LogP contribution in [0.5, 0.6) is 0 Å². The smallest absolute Gasteiger partial charge is 0.416 e. The van der Waals surface area contributed by atoms with Crippen LogP contribution in [0.2, 0.25) is 0 Å². The van der Waals surface area contributed by atoms with Crippen LogP contribution in [-0.4, -0.2) is 49.5 Å². The minimum atomic E-state index is -4.50. The van der Waals surface area contributed by atoms with Crippen molar-refractivity contribution < 1.29 is 27.9 Å². The average molecular weight is 368 g/mol. The van der Waals surface area contributed by atoms with E-state index in [9.17, 15) is 27.9 Å². The predicted molar refractivity (Wildman–Crippen MR) is 82.7 cm³/mol. The zero-order valence-electron chi connectivity index (χ0n) is 13.5. The molecule has 1 fully saturated rings. The first-order chi connectivity index (χ1) is 12.3. The number of carbonyl (C=O) groups excluding carboxylic acids is 1. The highest BCUT2D eigenvalue weighted by atomic mass is 19.4. The summed E-state index contributed by atoms with van der Waals surface area (Å²) < 4.78 is 39.5. The van der Waals surface area contributed by atoms with Crippen molar-refractivity contribution in [1.29, 1.82) is 0 Å². The van der Waals surface area contributed by atoms with E-state index in [1.807, 2.05) is 0 Å². The second kappa shape index (κ2) is 6.77. The second-order valence-corrected chi connectivity index (χ2v) is 5.94. The highest BCUT2D eigenvalue weighted by molar-refractivity contribution is 5.94. The van der Waals surface area contributed by atoms with Gasteiger partial charge in [0.2, 0.25) is 0 Å². The van der Waals surface area contributed by atoms with Crippen molar-refractivity contribution in [3.8, 4) is 5.69 Å². The lowest BCUT2D eigenvalue weighted by atomic mass is 10.0. The van der Waals surface area contributed by atoms with Gasteiger partial charge in [0.25, 0.3) is 5.91 Å². The number of carboxylic acid groups (broad SMARTS) is 1. The van der Waals surface area contributed by atoms with Gasteiger partial charge in [-0.2, -0.15) is 13.2 Å². The van der Waals surface area contributed by atoms with Crippen LogP contribution in [0.4, 0.5) is 13.2 Å². The van der Waals surface area contributed by atoms with E-state index in [2.05, 4.69) is 10.3 Å². The molecule has 3 rings (SSSR count). The van der Waals surface area contributed by atoms with Crippen molar-refractivity contribution in [2.45, 2.75) is 31.5 Å². The number of alkyl halides is 3. The van der Waals surface area contributed by atoms with Gasteiger partial charge in [0.15, 0.2) is 5.69 Å². The monoisotopic (exact) mass is 368 g/mol. The molecule has 1 N–H and O–H groups in total. The molecule has 2 aromatic rings. The quantitative estimate of drug-likeness (QED) is 0.899. The summed E-state index contributed by atoms with van der Waals surface area (Å²) in [4.78, 5) is 25.1. The first kappa shape index (κ1) is 17.9. The van der Waals surface area contributed by atoms with E-state index in [4.69, 9.17) is 0 Å². The lowest BCUT2D eigenvalue weighted by molar-refractivity contribution is -0.143. The van der Waals surface area contributed by atoms with Gasteiger partial charge in [0.1, 0.15) is 6.04 Å². The van der Waals surface area contributed by atoms with Crippen molar-refractivity contribution in [2.75, 3.05) is 6.54 Å². The fourth-order valence-corrected chi connectivity index (χ4v) is 2.89. The Morgan fingerprint density at radius 2 is 2.00 bits per heavy atom. The fourth-order valence-electron chi connectivity index (χ4n) is 2.89. The Hall–Kier alpha value is -2.91. The number of aliphatic carboxylic acids is 1. The zero-order chi connectivity index (χ0) is 18.9. The number of nitrogens with zero attached hydrogens (tertiary/aromatic N) is 4. The SMILES string of the molecule is O=C(O)[C@H]1CCCCN1C(=O)c1cn(-c2cccc(C(F)(F)F)c2)nn1. The van der Waals surface area contributed by atoms with Crippen LogP contribution in [0.3, 0.4) is 0 Å². The van der Waals surface area contributed by atoms with Gasteiger partial charge < -0.3 is 10.0 Å². The largest absolute Gasteiger partial charge is 0.480 e. The third-order valence-corrected chi connectivity index (χ3v) is 4.20. The first-order valence-corrected chi connectivity index (χ1v) is 7.91. The van der Waals surface area contributed by atoms with Crippen LogP contribution in [0.25, 0.3) is 5.69 Å². The number of aromatic nitrogens is 3. The minimum absolute atomic E-state index is 0.0970. The maximum absolute atomic E-state index is 12.8. The number of rotatable bonds is 3. The molecule has 26 heavy (non-hydrogen) atoms. The maximum Gasteiger partial charge on any atom is 0.416 e.